The van der Waals surface area contributed by atoms with E-state index < -0.39 is 8.80 Å². The number of nitrogens with one attached hydrogen (secondary N) is 1. The highest BCUT2D eigenvalue weighted by atomic mass is 32.2. The quantitative estimate of drug-likeness (QED) is 0.576. The Labute approximate surface area is 91.5 Å². The molecule has 3 fully saturated rings. The second-order valence-corrected chi connectivity index (χ2v) is 7.32. The standard InChI is InChI=1S/C6H10N4O3SSi/c1-7-6(9-8-1)14-5-15-11-2-10(3-12-15)4-13-15/h1H,2-5H2,(H,7,8,9). The molecule has 3 saturated heterocycles. The highest BCUT2D eigenvalue weighted by molar-refractivity contribution is 8.00. The molecule has 7 nitrogen and oxygen atoms in total. The molecule has 4 heterocycles. The van der Waals surface area contributed by atoms with Crippen LogP contribution in [0, 0.1) is 0 Å². The first-order chi connectivity index (χ1) is 7.36. The summed E-state index contributed by atoms with van der Waals surface area (Å²) in [6.45, 7) is 1.84. The molecule has 1 aromatic rings. The van der Waals surface area contributed by atoms with E-state index in [1.807, 2.05) is 4.90 Å². The molecule has 0 aliphatic carbocycles. The fourth-order valence-corrected chi connectivity index (χ4v) is 5.23. The largest absolute Gasteiger partial charge is 0.514 e. The minimum Gasteiger partial charge on any atom is -0.359 e. The second-order valence-electron chi connectivity index (χ2n) is 3.25. The normalized spacial score (nSPS) is 34.5. The molecule has 15 heavy (non-hydrogen) atoms. The van der Waals surface area contributed by atoms with Gasteiger partial charge in [-0.3, -0.25) is 5.10 Å². The van der Waals surface area contributed by atoms with Crippen molar-refractivity contribution in [2.24, 2.45) is 0 Å². The van der Waals surface area contributed by atoms with Crippen molar-refractivity contribution in [2.75, 3.05) is 25.6 Å². The van der Waals surface area contributed by atoms with Gasteiger partial charge in [0.15, 0.2) is 5.16 Å². The highest BCUT2D eigenvalue weighted by Crippen LogP contribution is 2.27. The fraction of sp³-hybridized carbons (Fsp3) is 0.667. The first-order valence-electron chi connectivity index (χ1n) is 4.49. The van der Waals surface area contributed by atoms with E-state index in [2.05, 4.69) is 15.2 Å². The zero-order valence-electron chi connectivity index (χ0n) is 7.88. The van der Waals surface area contributed by atoms with Crippen LogP contribution in [-0.4, -0.2) is 54.5 Å². The van der Waals surface area contributed by atoms with Crippen LogP contribution in [0.1, 0.15) is 0 Å². The van der Waals surface area contributed by atoms with E-state index in [0.29, 0.717) is 25.6 Å². The van der Waals surface area contributed by atoms with Crippen molar-refractivity contribution in [3.05, 3.63) is 6.33 Å². The molecule has 2 bridgehead atoms. The van der Waals surface area contributed by atoms with Gasteiger partial charge in [-0.1, -0.05) is 11.8 Å². The molecule has 0 radical (unpaired) electrons. The highest BCUT2D eigenvalue weighted by Gasteiger charge is 2.49. The summed E-state index contributed by atoms with van der Waals surface area (Å²) >= 11 is 1.52. The molecule has 0 amide bonds. The maximum absolute atomic E-state index is 5.60. The van der Waals surface area contributed by atoms with Gasteiger partial charge >= 0.3 is 8.80 Å². The van der Waals surface area contributed by atoms with Gasteiger partial charge < -0.3 is 13.3 Å². The maximum Gasteiger partial charge on any atom is 0.514 e. The summed E-state index contributed by atoms with van der Waals surface area (Å²) in [6.07, 6.45) is 1.48. The summed E-state index contributed by atoms with van der Waals surface area (Å²) in [5.74, 6) is 0. The van der Waals surface area contributed by atoms with Crippen molar-refractivity contribution in [1.29, 1.82) is 0 Å². The van der Waals surface area contributed by atoms with Gasteiger partial charge in [-0.15, -0.1) is 0 Å². The number of hydrogen-bond donors (Lipinski definition) is 1. The monoisotopic (exact) mass is 246 g/mol. The summed E-state index contributed by atoms with van der Waals surface area (Å²) in [4.78, 5) is 5.97. The Bertz CT molecular complexity index is 315. The van der Waals surface area contributed by atoms with E-state index in [0.717, 1.165) is 5.16 Å². The zero-order chi connectivity index (χ0) is 10.1. The molecule has 0 saturated carbocycles. The summed E-state index contributed by atoms with van der Waals surface area (Å²) in [5, 5.41) is 7.99. The number of hydrogen-bond acceptors (Lipinski definition) is 7. The Morgan fingerprint density at radius 3 is 2.73 bits per heavy atom. The first kappa shape index (κ1) is 9.75. The number of nitrogens with zero attached hydrogens (tertiary/aromatic N) is 3. The molecule has 1 N–H and O–H groups in total. The van der Waals surface area contributed by atoms with E-state index in [4.69, 9.17) is 13.3 Å². The van der Waals surface area contributed by atoms with Crippen LogP contribution >= 0.6 is 11.8 Å². The van der Waals surface area contributed by atoms with Crippen molar-refractivity contribution in [3.8, 4) is 0 Å². The third-order valence-electron chi connectivity index (χ3n) is 2.18. The third-order valence-corrected chi connectivity index (χ3v) is 6.35. The molecule has 0 atom stereocenters. The van der Waals surface area contributed by atoms with E-state index >= 15 is 0 Å². The van der Waals surface area contributed by atoms with Crippen LogP contribution in [0.15, 0.2) is 11.5 Å². The first-order valence-corrected chi connectivity index (χ1v) is 7.40. The minimum atomic E-state index is -2.41. The average Bonchev–Trinajstić information content (AvgIpc) is 2.82. The van der Waals surface area contributed by atoms with Gasteiger partial charge in [0.25, 0.3) is 0 Å². The van der Waals surface area contributed by atoms with Gasteiger partial charge in [0, 0.05) is 0 Å². The van der Waals surface area contributed by atoms with Crippen LogP contribution in [0.2, 0.25) is 0 Å². The SMILES string of the molecule is c1n[nH]c(SC[Si]23OCN(CO2)CO3)n1. The number of thioether (sulfide) groups is 1. The molecular formula is C6H10N4O3SSi. The lowest BCUT2D eigenvalue weighted by atomic mass is 10.9. The molecule has 0 unspecified atom stereocenters. The summed E-state index contributed by atoms with van der Waals surface area (Å²) in [5.41, 5.74) is 0. The summed E-state index contributed by atoms with van der Waals surface area (Å²) < 4.78 is 16.8. The summed E-state index contributed by atoms with van der Waals surface area (Å²) in [6, 6.07) is 0. The average molecular weight is 246 g/mol. The van der Waals surface area contributed by atoms with E-state index in [9.17, 15) is 0 Å². The smallest absolute Gasteiger partial charge is 0.359 e. The Kier molecular flexibility index (Phi) is 2.50. The lowest BCUT2D eigenvalue weighted by molar-refractivity contribution is -0.160. The maximum atomic E-state index is 5.60. The van der Waals surface area contributed by atoms with Crippen LogP contribution in [-0.2, 0) is 13.3 Å². The van der Waals surface area contributed by atoms with Crippen molar-refractivity contribution < 1.29 is 13.3 Å². The molecule has 3 aliphatic heterocycles. The van der Waals surface area contributed by atoms with Gasteiger partial charge in [0.2, 0.25) is 0 Å². The number of fused-ring (bicyclic) bond motifs is 3. The predicted molar refractivity (Wildman–Crippen MR) is 52.6 cm³/mol. The van der Waals surface area contributed by atoms with Crippen molar-refractivity contribution in [3.63, 3.8) is 0 Å². The molecule has 0 spiro atoms. The number of aromatic amines is 1. The van der Waals surface area contributed by atoms with Crippen LogP contribution < -0.4 is 0 Å². The molecule has 0 aromatic carbocycles. The Morgan fingerprint density at radius 2 is 2.13 bits per heavy atom. The van der Waals surface area contributed by atoms with E-state index in [1.54, 1.807) is 0 Å². The molecule has 9 heteroatoms. The Balaban J connectivity index is 1.62. The van der Waals surface area contributed by atoms with Crippen LogP contribution in [0.4, 0.5) is 0 Å². The van der Waals surface area contributed by atoms with Crippen molar-refractivity contribution >= 4 is 20.6 Å². The van der Waals surface area contributed by atoms with Crippen molar-refractivity contribution in [2.45, 2.75) is 5.16 Å². The molecule has 1 aromatic heterocycles. The van der Waals surface area contributed by atoms with Gasteiger partial charge in [-0.05, 0) is 0 Å². The van der Waals surface area contributed by atoms with Crippen LogP contribution in [0.5, 0.6) is 0 Å². The zero-order valence-corrected chi connectivity index (χ0v) is 9.70. The van der Waals surface area contributed by atoms with Crippen molar-refractivity contribution in [1.82, 2.24) is 20.1 Å². The molecular weight excluding hydrogens is 236 g/mol. The number of rotatable bonds is 3. The lowest BCUT2D eigenvalue weighted by Crippen LogP contribution is -2.64. The second kappa shape index (κ2) is 3.85. The third kappa shape index (κ3) is 1.94. The number of aromatic nitrogens is 3. The van der Waals surface area contributed by atoms with Gasteiger partial charge in [-0.25, -0.2) is 9.88 Å². The Hall–Kier alpha value is -0.453. The van der Waals surface area contributed by atoms with Crippen LogP contribution in [0.3, 0.4) is 0 Å². The Morgan fingerprint density at radius 1 is 1.40 bits per heavy atom. The lowest BCUT2D eigenvalue weighted by Gasteiger charge is -2.44. The fourth-order valence-electron chi connectivity index (χ4n) is 1.35. The van der Waals surface area contributed by atoms with Gasteiger partial charge in [-0.2, -0.15) is 5.10 Å². The van der Waals surface area contributed by atoms with Gasteiger partial charge in [0.1, 0.15) is 6.33 Å². The van der Waals surface area contributed by atoms with E-state index in [1.165, 1.54) is 18.1 Å². The summed E-state index contributed by atoms with van der Waals surface area (Å²) in [7, 11) is -2.41. The molecule has 82 valence electrons. The van der Waals surface area contributed by atoms with E-state index in [-0.39, 0.29) is 0 Å². The predicted octanol–water partition coefficient (Wildman–Crippen LogP) is -0.374. The van der Waals surface area contributed by atoms with Crippen LogP contribution in [0.25, 0.3) is 0 Å². The topological polar surface area (TPSA) is 72.5 Å². The molecule has 4 rings (SSSR count). The number of H-pyrrole nitrogens is 1. The minimum absolute atomic E-state index is 0.614. The van der Waals surface area contributed by atoms with Gasteiger partial charge in [0.05, 0.1) is 25.6 Å². The molecule has 3 aliphatic rings.